The van der Waals surface area contributed by atoms with Gasteiger partial charge in [0.1, 0.15) is 11.4 Å². The summed E-state index contributed by atoms with van der Waals surface area (Å²) >= 11 is 5.72. The zero-order chi connectivity index (χ0) is 21.4. The average Bonchev–Trinajstić information content (AvgIpc) is 2.67. The molecule has 0 aliphatic carbocycles. The number of anilines is 1. The van der Waals surface area contributed by atoms with Crippen LogP contribution in [-0.2, 0) is 19.1 Å². The van der Waals surface area contributed by atoms with Gasteiger partial charge in [0.2, 0.25) is 5.91 Å². The van der Waals surface area contributed by atoms with E-state index in [9.17, 15) is 24.5 Å². The molecule has 2 amide bonds. The Bertz CT molecular complexity index is 975. The Balaban J connectivity index is 2.06. The van der Waals surface area contributed by atoms with Crippen LogP contribution in [0.1, 0.15) is 12.5 Å². The van der Waals surface area contributed by atoms with Gasteiger partial charge in [-0.15, -0.1) is 0 Å². The second kappa shape index (κ2) is 10.00. The third-order valence-electron chi connectivity index (χ3n) is 3.41. The molecule has 29 heavy (non-hydrogen) atoms. The quantitative estimate of drug-likeness (QED) is 0.308. The van der Waals surface area contributed by atoms with E-state index in [0.29, 0.717) is 5.56 Å². The number of benzene rings is 2. The topological polar surface area (TPSA) is 128 Å². The van der Waals surface area contributed by atoms with Gasteiger partial charge in [-0.1, -0.05) is 41.9 Å². The van der Waals surface area contributed by atoms with Crippen LogP contribution in [0, 0.1) is 10.1 Å². The molecule has 0 aliphatic heterocycles. The highest BCUT2D eigenvalue weighted by Crippen LogP contribution is 2.27. The number of carbonyl (C=O) groups is 3. The van der Waals surface area contributed by atoms with Crippen molar-refractivity contribution >= 4 is 46.8 Å². The van der Waals surface area contributed by atoms with Crippen LogP contribution < -0.4 is 10.6 Å². The van der Waals surface area contributed by atoms with Crippen molar-refractivity contribution in [2.75, 3.05) is 11.9 Å². The maximum atomic E-state index is 12.2. The lowest BCUT2D eigenvalue weighted by molar-refractivity contribution is -0.383. The van der Waals surface area contributed by atoms with E-state index in [0.717, 1.165) is 6.07 Å². The Hall–Kier alpha value is -3.72. The van der Waals surface area contributed by atoms with Gasteiger partial charge in [0, 0.05) is 18.0 Å². The molecule has 2 aromatic rings. The lowest BCUT2D eigenvalue weighted by atomic mass is 10.2. The van der Waals surface area contributed by atoms with E-state index >= 15 is 0 Å². The molecule has 0 fully saturated rings. The van der Waals surface area contributed by atoms with Crippen molar-refractivity contribution in [1.29, 1.82) is 0 Å². The summed E-state index contributed by atoms with van der Waals surface area (Å²) in [5.41, 5.74) is -0.0224. The summed E-state index contributed by atoms with van der Waals surface area (Å²) in [5.74, 6) is -2.24. The van der Waals surface area contributed by atoms with Crippen LogP contribution in [0.15, 0.2) is 54.2 Å². The van der Waals surface area contributed by atoms with Gasteiger partial charge >= 0.3 is 5.97 Å². The van der Waals surface area contributed by atoms with Crippen molar-refractivity contribution in [3.8, 4) is 0 Å². The standard InChI is InChI=1S/C19H16ClN3O6/c1-12(24)21-16(9-13-5-3-2-4-6-13)19(26)29-11-18(25)22-15-8-7-14(20)10-17(15)23(27)28/h2-10H,11H2,1H3,(H,21,24)(H,22,25)/b16-9-. The fourth-order valence-corrected chi connectivity index (χ4v) is 2.37. The predicted molar refractivity (Wildman–Crippen MR) is 106 cm³/mol. The Morgan fingerprint density at radius 3 is 2.48 bits per heavy atom. The Kier molecular flexibility index (Phi) is 7.44. The fraction of sp³-hybridized carbons (Fsp3) is 0.105. The average molecular weight is 418 g/mol. The van der Waals surface area contributed by atoms with Gasteiger partial charge in [-0.05, 0) is 23.8 Å². The van der Waals surface area contributed by atoms with Crippen molar-refractivity contribution in [3.05, 3.63) is 74.9 Å². The van der Waals surface area contributed by atoms with Crippen molar-refractivity contribution in [2.45, 2.75) is 6.92 Å². The number of hydrogen-bond donors (Lipinski definition) is 2. The molecule has 9 nitrogen and oxygen atoms in total. The third kappa shape index (κ3) is 6.74. The third-order valence-corrected chi connectivity index (χ3v) is 3.64. The highest BCUT2D eigenvalue weighted by Gasteiger charge is 2.19. The van der Waals surface area contributed by atoms with Crippen LogP contribution in [0.5, 0.6) is 0 Å². The Morgan fingerprint density at radius 1 is 1.17 bits per heavy atom. The zero-order valence-corrected chi connectivity index (χ0v) is 15.9. The summed E-state index contributed by atoms with van der Waals surface area (Å²) in [4.78, 5) is 46.0. The Morgan fingerprint density at radius 2 is 1.86 bits per heavy atom. The molecular weight excluding hydrogens is 402 g/mol. The van der Waals surface area contributed by atoms with Crippen LogP contribution in [0.4, 0.5) is 11.4 Å². The molecule has 2 aromatic carbocycles. The first-order chi connectivity index (χ1) is 13.8. The summed E-state index contributed by atoms with van der Waals surface area (Å²) in [5, 5.41) is 15.8. The van der Waals surface area contributed by atoms with Crippen LogP contribution in [0.25, 0.3) is 6.08 Å². The summed E-state index contributed by atoms with van der Waals surface area (Å²) < 4.78 is 4.91. The SMILES string of the molecule is CC(=O)N/C(=C\c1ccccc1)C(=O)OCC(=O)Nc1ccc(Cl)cc1[N+](=O)[O-]. The first kappa shape index (κ1) is 21.6. The second-order valence-corrected chi connectivity index (χ2v) is 6.13. The molecule has 0 aromatic heterocycles. The molecule has 2 N–H and O–H groups in total. The number of ether oxygens (including phenoxy) is 1. The number of nitrogens with zero attached hydrogens (tertiary/aromatic N) is 1. The van der Waals surface area contributed by atoms with Gasteiger partial charge < -0.3 is 15.4 Å². The monoisotopic (exact) mass is 417 g/mol. The zero-order valence-electron chi connectivity index (χ0n) is 15.2. The van der Waals surface area contributed by atoms with Crippen molar-refractivity contribution < 1.29 is 24.0 Å². The summed E-state index contributed by atoms with van der Waals surface area (Å²) in [7, 11) is 0. The minimum absolute atomic E-state index is 0.0950. The number of hydrogen-bond acceptors (Lipinski definition) is 6. The first-order valence-corrected chi connectivity index (χ1v) is 8.59. The summed E-state index contributed by atoms with van der Waals surface area (Å²) in [6.45, 7) is 0.503. The van der Waals surface area contributed by atoms with E-state index in [2.05, 4.69) is 10.6 Å². The van der Waals surface area contributed by atoms with E-state index in [1.807, 2.05) is 0 Å². The van der Waals surface area contributed by atoms with Crippen LogP contribution in [-0.4, -0.2) is 29.3 Å². The maximum absolute atomic E-state index is 12.2. The lowest BCUT2D eigenvalue weighted by Gasteiger charge is -2.10. The van der Waals surface area contributed by atoms with Crippen LogP contribution in [0.3, 0.4) is 0 Å². The minimum atomic E-state index is -0.940. The van der Waals surface area contributed by atoms with Crippen LogP contribution >= 0.6 is 11.6 Å². The molecular formula is C19H16ClN3O6. The molecule has 10 heteroatoms. The van der Waals surface area contributed by atoms with Crippen molar-refractivity contribution in [3.63, 3.8) is 0 Å². The van der Waals surface area contributed by atoms with Gasteiger partial charge in [-0.25, -0.2) is 4.79 Å². The number of halogens is 1. The second-order valence-electron chi connectivity index (χ2n) is 5.69. The lowest BCUT2D eigenvalue weighted by Crippen LogP contribution is -2.29. The van der Waals surface area contributed by atoms with Crippen molar-refractivity contribution in [2.24, 2.45) is 0 Å². The van der Waals surface area contributed by atoms with Gasteiger partial charge in [0.15, 0.2) is 6.61 Å². The molecule has 0 atom stereocenters. The number of carbonyl (C=O) groups excluding carboxylic acids is 3. The van der Waals surface area contributed by atoms with Gasteiger partial charge in [-0.2, -0.15) is 0 Å². The van der Waals surface area contributed by atoms with Crippen LogP contribution in [0.2, 0.25) is 5.02 Å². The number of amides is 2. The van der Waals surface area contributed by atoms with E-state index in [1.165, 1.54) is 25.1 Å². The Labute approximate surface area is 170 Å². The minimum Gasteiger partial charge on any atom is -0.451 e. The fourth-order valence-electron chi connectivity index (χ4n) is 2.21. The highest BCUT2D eigenvalue weighted by atomic mass is 35.5. The van der Waals surface area contributed by atoms with E-state index in [4.69, 9.17) is 16.3 Å². The molecule has 0 bridgehead atoms. The van der Waals surface area contributed by atoms with Gasteiger partial charge in [-0.3, -0.25) is 19.7 Å². The molecule has 2 rings (SSSR count). The predicted octanol–water partition coefficient (Wildman–Crippen LogP) is 2.91. The normalized spacial score (nSPS) is 10.8. The first-order valence-electron chi connectivity index (χ1n) is 8.21. The number of nitrogens with one attached hydrogen (secondary N) is 2. The summed E-state index contributed by atoms with van der Waals surface area (Å²) in [6.07, 6.45) is 1.39. The molecule has 0 spiro atoms. The summed E-state index contributed by atoms with van der Waals surface area (Å²) in [6, 6.07) is 12.4. The largest absolute Gasteiger partial charge is 0.451 e. The molecule has 0 aliphatic rings. The smallest absolute Gasteiger partial charge is 0.355 e. The van der Waals surface area contributed by atoms with E-state index < -0.39 is 35.0 Å². The molecule has 0 radical (unpaired) electrons. The number of nitro groups is 1. The molecule has 0 unspecified atom stereocenters. The number of esters is 1. The number of rotatable bonds is 7. The molecule has 150 valence electrons. The number of nitro benzene ring substituents is 1. The molecule has 0 saturated heterocycles. The molecule has 0 saturated carbocycles. The van der Waals surface area contributed by atoms with Gasteiger partial charge in [0.05, 0.1) is 4.92 Å². The van der Waals surface area contributed by atoms with E-state index in [1.54, 1.807) is 30.3 Å². The maximum Gasteiger partial charge on any atom is 0.355 e. The highest BCUT2D eigenvalue weighted by molar-refractivity contribution is 6.31. The molecule has 0 heterocycles. The van der Waals surface area contributed by atoms with E-state index in [-0.39, 0.29) is 16.4 Å². The van der Waals surface area contributed by atoms with Gasteiger partial charge in [0.25, 0.3) is 11.6 Å². The van der Waals surface area contributed by atoms with Crippen molar-refractivity contribution in [1.82, 2.24) is 5.32 Å².